The molecule has 1 aromatic rings. The van der Waals surface area contributed by atoms with Crippen molar-refractivity contribution in [1.82, 2.24) is 14.9 Å². The summed E-state index contributed by atoms with van der Waals surface area (Å²) in [6.07, 6.45) is 6.68. The summed E-state index contributed by atoms with van der Waals surface area (Å²) in [7, 11) is 0. The molecule has 0 atom stereocenters. The Labute approximate surface area is 85.5 Å². The third kappa shape index (κ3) is 2.35. The molecule has 1 N–H and O–H groups in total. The molecule has 3 nitrogen and oxygen atoms in total. The highest BCUT2D eigenvalue weighted by atomic mass is 15.1. The number of hydrogen-bond donors (Lipinski definition) is 1. The van der Waals surface area contributed by atoms with Crippen LogP contribution in [0.1, 0.15) is 38.3 Å². The van der Waals surface area contributed by atoms with Crippen LogP contribution in [0, 0.1) is 0 Å². The topological polar surface area (TPSA) is 29.9 Å². The number of hydrogen-bond acceptors (Lipinski definition) is 2. The van der Waals surface area contributed by atoms with Gasteiger partial charge in [-0.15, -0.1) is 0 Å². The Morgan fingerprint density at radius 1 is 1.57 bits per heavy atom. The lowest BCUT2D eigenvalue weighted by atomic mass is 10.3. The molecule has 0 amide bonds. The van der Waals surface area contributed by atoms with Gasteiger partial charge in [0, 0.05) is 36.9 Å². The van der Waals surface area contributed by atoms with E-state index in [4.69, 9.17) is 0 Å². The van der Waals surface area contributed by atoms with Crippen LogP contribution in [-0.4, -0.2) is 22.1 Å². The Kier molecular flexibility index (Phi) is 2.87. The summed E-state index contributed by atoms with van der Waals surface area (Å²) in [5.74, 6) is 0.802. The van der Waals surface area contributed by atoms with Crippen molar-refractivity contribution in [2.75, 3.05) is 6.54 Å². The van der Waals surface area contributed by atoms with Gasteiger partial charge in [0.15, 0.2) is 0 Å². The van der Waals surface area contributed by atoms with Crippen LogP contribution in [0.3, 0.4) is 0 Å². The predicted octanol–water partition coefficient (Wildman–Crippen LogP) is 1.76. The van der Waals surface area contributed by atoms with Crippen molar-refractivity contribution in [1.29, 1.82) is 0 Å². The van der Waals surface area contributed by atoms with E-state index in [1.54, 1.807) is 0 Å². The van der Waals surface area contributed by atoms with Crippen molar-refractivity contribution in [3.63, 3.8) is 0 Å². The van der Waals surface area contributed by atoms with E-state index < -0.39 is 0 Å². The first-order valence-electron chi connectivity index (χ1n) is 5.51. The summed E-state index contributed by atoms with van der Waals surface area (Å²) in [4.78, 5) is 4.22. The van der Waals surface area contributed by atoms with E-state index >= 15 is 0 Å². The van der Waals surface area contributed by atoms with Crippen LogP contribution in [0.15, 0.2) is 12.5 Å². The molecule has 0 saturated heterocycles. The zero-order valence-electron chi connectivity index (χ0n) is 9.03. The average molecular weight is 193 g/mol. The standard InChI is InChI=1S/C11H19N3/c1-9(2)13-5-6-14-8-12-7-11(14)10-3-4-10/h7-10,13H,3-6H2,1-2H3. The molecule has 0 spiro atoms. The summed E-state index contributed by atoms with van der Waals surface area (Å²) >= 11 is 0. The predicted molar refractivity (Wildman–Crippen MR) is 57.3 cm³/mol. The maximum atomic E-state index is 4.22. The fourth-order valence-electron chi connectivity index (χ4n) is 1.71. The van der Waals surface area contributed by atoms with Crippen molar-refractivity contribution in [2.24, 2.45) is 0 Å². The molecular weight excluding hydrogens is 174 g/mol. The number of imidazole rings is 1. The molecule has 78 valence electrons. The van der Waals surface area contributed by atoms with Crippen LogP contribution in [-0.2, 0) is 6.54 Å². The van der Waals surface area contributed by atoms with Gasteiger partial charge < -0.3 is 9.88 Å². The lowest BCUT2D eigenvalue weighted by Crippen LogP contribution is -2.26. The molecule has 1 saturated carbocycles. The maximum Gasteiger partial charge on any atom is 0.0948 e. The Bertz CT molecular complexity index is 286. The smallest absolute Gasteiger partial charge is 0.0948 e. The van der Waals surface area contributed by atoms with Gasteiger partial charge in [-0.2, -0.15) is 0 Å². The first kappa shape index (κ1) is 9.71. The van der Waals surface area contributed by atoms with Crippen LogP contribution in [0.5, 0.6) is 0 Å². The fraction of sp³-hybridized carbons (Fsp3) is 0.727. The zero-order chi connectivity index (χ0) is 9.97. The molecule has 0 bridgehead atoms. The van der Waals surface area contributed by atoms with Crippen molar-refractivity contribution >= 4 is 0 Å². The van der Waals surface area contributed by atoms with Gasteiger partial charge in [-0.05, 0) is 12.8 Å². The monoisotopic (exact) mass is 193 g/mol. The Morgan fingerprint density at radius 3 is 3.00 bits per heavy atom. The molecule has 0 unspecified atom stereocenters. The zero-order valence-corrected chi connectivity index (χ0v) is 9.03. The molecule has 3 heteroatoms. The highest BCUT2D eigenvalue weighted by Crippen LogP contribution is 2.39. The van der Waals surface area contributed by atoms with E-state index in [0.29, 0.717) is 6.04 Å². The van der Waals surface area contributed by atoms with Crippen molar-refractivity contribution in [3.05, 3.63) is 18.2 Å². The van der Waals surface area contributed by atoms with Gasteiger partial charge in [0.2, 0.25) is 0 Å². The first-order chi connectivity index (χ1) is 6.77. The molecule has 2 rings (SSSR count). The third-order valence-electron chi connectivity index (χ3n) is 2.65. The second-order valence-corrected chi connectivity index (χ2v) is 4.39. The van der Waals surface area contributed by atoms with Crippen LogP contribution >= 0.6 is 0 Å². The number of nitrogens with zero attached hydrogens (tertiary/aromatic N) is 2. The Hall–Kier alpha value is -0.830. The van der Waals surface area contributed by atoms with Crippen molar-refractivity contribution < 1.29 is 0 Å². The fourth-order valence-corrected chi connectivity index (χ4v) is 1.71. The van der Waals surface area contributed by atoms with Crippen LogP contribution in [0.2, 0.25) is 0 Å². The Balaban J connectivity index is 1.85. The van der Waals surface area contributed by atoms with Gasteiger partial charge in [0.1, 0.15) is 0 Å². The van der Waals surface area contributed by atoms with Gasteiger partial charge >= 0.3 is 0 Å². The summed E-state index contributed by atoms with van der Waals surface area (Å²) < 4.78 is 2.28. The molecule has 0 radical (unpaired) electrons. The quantitative estimate of drug-likeness (QED) is 0.772. The minimum absolute atomic E-state index is 0.572. The molecule has 0 aliphatic heterocycles. The van der Waals surface area contributed by atoms with Crippen LogP contribution < -0.4 is 5.32 Å². The summed E-state index contributed by atoms with van der Waals surface area (Å²) in [5.41, 5.74) is 1.43. The number of nitrogens with one attached hydrogen (secondary N) is 1. The number of rotatable bonds is 5. The maximum absolute atomic E-state index is 4.22. The molecule has 1 fully saturated rings. The highest BCUT2D eigenvalue weighted by molar-refractivity contribution is 5.12. The Morgan fingerprint density at radius 2 is 2.36 bits per heavy atom. The highest BCUT2D eigenvalue weighted by Gasteiger charge is 2.26. The van der Waals surface area contributed by atoms with Crippen LogP contribution in [0.25, 0.3) is 0 Å². The van der Waals surface area contributed by atoms with Gasteiger partial charge in [0.25, 0.3) is 0 Å². The molecule has 1 heterocycles. The SMILES string of the molecule is CC(C)NCCn1cncc1C1CC1. The van der Waals surface area contributed by atoms with Crippen LogP contribution in [0.4, 0.5) is 0 Å². The lowest BCUT2D eigenvalue weighted by molar-refractivity contribution is 0.533. The first-order valence-corrected chi connectivity index (χ1v) is 5.51. The van der Waals surface area contributed by atoms with Gasteiger partial charge in [-0.3, -0.25) is 0 Å². The van der Waals surface area contributed by atoms with E-state index in [1.807, 2.05) is 12.5 Å². The molecule has 1 aliphatic carbocycles. The molecular formula is C11H19N3. The minimum Gasteiger partial charge on any atom is -0.333 e. The minimum atomic E-state index is 0.572. The average Bonchev–Trinajstić information content (AvgIpc) is 2.87. The normalized spacial score (nSPS) is 16.5. The second kappa shape index (κ2) is 4.13. The summed E-state index contributed by atoms with van der Waals surface area (Å²) in [6, 6.07) is 0.572. The van der Waals surface area contributed by atoms with Gasteiger partial charge in [-0.1, -0.05) is 13.8 Å². The molecule has 1 aromatic heterocycles. The van der Waals surface area contributed by atoms with Gasteiger partial charge in [0.05, 0.1) is 6.33 Å². The third-order valence-corrected chi connectivity index (χ3v) is 2.65. The van der Waals surface area contributed by atoms with E-state index in [-0.39, 0.29) is 0 Å². The summed E-state index contributed by atoms with van der Waals surface area (Å²) in [6.45, 7) is 6.43. The van der Waals surface area contributed by atoms with E-state index in [0.717, 1.165) is 19.0 Å². The summed E-state index contributed by atoms with van der Waals surface area (Å²) in [5, 5.41) is 3.42. The number of aromatic nitrogens is 2. The largest absolute Gasteiger partial charge is 0.333 e. The van der Waals surface area contributed by atoms with Crippen molar-refractivity contribution in [2.45, 2.75) is 45.2 Å². The van der Waals surface area contributed by atoms with E-state index in [1.165, 1.54) is 18.5 Å². The molecule has 14 heavy (non-hydrogen) atoms. The van der Waals surface area contributed by atoms with E-state index in [2.05, 4.69) is 28.7 Å². The lowest BCUT2D eigenvalue weighted by Gasteiger charge is -2.10. The molecule has 1 aliphatic rings. The van der Waals surface area contributed by atoms with Gasteiger partial charge in [-0.25, -0.2) is 4.98 Å². The molecule has 0 aromatic carbocycles. The second-order valence-electron chi connectivity index (χ2n) is 4.39. The van der Waals surface area contributed by atoms with E-state index in [9.17, 15) is 0 Å². The van der Waals surface area contributed by atoms with Crippen molar-refractivity contribution in [3.8, 4) is 0 Å².